The summed E-state index contributed by atoms with van der Waals surface area (Å²) in [7, 11) is 0. The molecular formula is C10H14N4O4. The van der Waals surface area contributed by atoms with Crippen LogP contribution in [0.5, 0.6) is 0 Å². The second-order valence-corrected chi connectivity index (χ2v) is 3.81. The number of aliphatic imine (C=N–C) groups is 1. The van der Waals surface area contributed by atoms with E-state index in [2.05, 4.69) is 10.3 Å². The number of hydrogen-bond donors (Lipinski definition) is 2. The Morgan fingerprint density at radius 1 is 1.50 bits per heavy atom. The minimum Gasteiger partial charge on any atom is -0.480 e. The number of amides is 2. The average Bonchev–Trinajstić information content (AvgIpc) is 2.29. The van der Waals surface area contributed by atoms with Gasteiger partial charge < -0.3 is 15.3 Å². The van der Waals surface area contributed by atoms with Crippen LogP contribution in [0.25, 0.3) is 0 Å². The van der Waals surface area contributed by atoms with Crippen LogP contribution in [0.4, 0.5) is 4.79 Å². The average molecular weight is 254 g/mol. The monoisotopic (exact) mass is 254 g/mol. The Labute approximate surface area is 104 Å². The molecule has 8 heteroatoms. The van der Waals surface area contributed by atoms with E-state index in [1.807, 2.05) is 6.07 Å². The zero-order chi connectivity index (χ0) is 14.2. The largest absolute Gasteiger partial charge is 0.480 e. The number of carboxylic acid groups (broad SMARTS) is 1. The lowest BCUT2D eigenvalue weighted by Gasteiger charge is -2.34. The van der Waals surface area contributed by atoms with Crippen molar-refractivity contribution in [2.45, 2.75) is 25.8 Å². The number of aliphatic carboxylic acids is 1. The van der Waals surface area contributed by atoms with Gasteiger partial charge in [0.1, 0.15) is 12.2 Å². The summed E-state index contributed by atoms with van der Waals surface area (Å²) in [6.45, 7) is 2.36. The summed E-state index contributed by atoms with van der Waals surface area (Å²) < 4.78 is 0. The highest BCUT2D eigenvalue weighted by Gasteiger charge is 2.37. The lowest BCUT2D eigenvalue weighted by atomic mass is 10.0. The minimum atomic E-state index is -1.47. The molecular weight excluding hydrogens is 240 g/mol. The molecule has 0 aromatic carbocycles. The first-order chi connectivity index (χ1) is 8.37. The van der Waals surface area contributed by atoms with Gasteiger partial charge in [-0.2, -0.15) is 10.3 Å². The van der Waals surface area contributed by atoms with Crippen molar-refractivity contribution in [3.05, 3.63) is 0 Å². The quantitative estimate of drug-likeness (QED) is 0.512. The fraction of sp³-hybridized carbons (Fsp3) is 0.600. The molecule has 0 aliphatic carbocycles. The van der Waals surface area contributed by atoms with E-state index < -0.39 is 17.5 Å². The predicted octanol–water partition coefficient (Wildman–Crippen LogP) is 0.0682. The summed E-state index contributed by atoms with van der Waals surface area (Å²) in [4.78, 5) is 36.8. The standard InChI is InChI=1S/C10H14N4O4/c1-10(2,8(16)17)14(5-3-4-11)9(18)13-6-12-7-15/h3,5-6H2,1-2H3,(H,13,18)(H,16,17). The number of rotatable bonds is 6. The maximum Gasteiger partial charge on any atom is 0.329 e. The Morgan fingerprint density at radius 3 is 2.56 bits per heavy atom. The van der Waals surface area contributed by atoms with Crippen molar-refractivity contribution in [1.82, 2.24) is 10.2 Å². The van der Waals surface area contributed by atoms with Crippen molar-refractivity contribution in [3.8, 4) is 6.07 Å². The van der Waals surface area contributed by atoms with Gasteiger partial charge in [-0.15, -0.1) is 0 Å². The zero-order valence-corrected chi connectivity index (χ0v) is 10.1. The van der Waals surface area contributed by atoms with Crippen LogP contribution in [0, 0.1) is 11.3 Å². The lowest BCUT2D eigenvalue weighted by Crippen LogP contribution is -2.56. The Bertz CT molecular complexity index is 407. The third-order valence-electron chi connectivity index (χ3n) is 2.26. The highest BCUT2D eigenvalue weighted by molar-refractivity contribution is 5.85. The number of nitrogens with zero attached hydrogens (tertiary/aromatic N) is 3. The summed E-state index contributed by atoms with van der Waals surface area (Å²) in [5, 5.41) is 19.8. The summed E-state index contributed by atoms with van der Waals surface area (Å²) in [5.41, 5.74) is -1.47. The molecule has 2 N–H and O–H groups in total. The maximum absolute atomic E-state index is 11.7. The van der Waals surface area contributed by atoms with Gasteiger partial charge in [-0.25, -0.2) is 14.4 Å². The van der Waals surface area contributed by atoms with E-state index in [-0.39, 0.29) is 19.6 Å². The van der Waals surface area contributed by atoms with Crippen LogP contribution in [0.15, 0.2) is 4.99 Å². The van der Waals surface area contributed by atoms with Crippen LogP contribution in [0.3, 0.4) is 0 Å². The van der Waals surface area contributed by atoms with Gasteiger partial charge in [0.25, 0.3) is 0 Å². The Kier molecular flexibility index (Phi) is 6.10. The van der Waals surface area contributed by atoms with Crippen LogP contribution >= 0.6 is 0 Å². The van der Waals surface area contributed by atoms with Crippen LogP contribution in [-0.4, -0.2) is 46.8 Å². The van der Waals surface area contributed by atoms with Gasteiger partial charge in [-0.3, -0.25) is 0 Å². The van der Waals surface area contributed by atoms with E-state index in [0.29, 0.717) is 0 Å². The lowest BCUT2D eigenvalue weighted by molar-refractivity contribution is -0.147. The van der Waals surface area contributed by atoms with Crippen molar-refractivity contribution in [2.24, 2.45) is 4.99 Å². The first kappa shape index (κ1) is 15.6. The first-order valence-corrected chi connectivity index (χ1v) is 5.07. The number of urea groups is 1. The van der Waals surface area contributed by atoms with Crippen molar-refractivity contribution in [2.75, 3.05) is 13.2 Å². The molecule has 0 saturated carbocycles. The number of carboxylic acids is 1. The van der Waals surface area contributed by atoms with Crippen LogP contribution in [0.2, 0.25) is 0 Å². The molecule has 0 bridgehead atoms. The molecule has 0 aliphatic rings. The second kappa shape index (κ2) is 7.04. The van der Waals surface area contributed by atoms with Gasteiger partial charge in [0.05, 0.1) is 12.5 Å². The molecule has 18 heavy (non-hydrogen) atoms. The molecule has 0 aliphatic heterocycles. The van der Waals surface area contributed by atoms with E-state index in [0.717, 1.165) is 4.90 Å². The smallest absolute Gasteiger partial charge is 0.329 e. The number of isocyanates is 1. The Morgan fingerprint density at radius 2 is 2.11 bits per heavy atom. The summed E-state index contributed by atoms with van der Waals surface area (Å²) in [6, 6.07) is 1.12. The highest BCUT2D eigenvalue weighted by Crippen LogP contribution is 2.15. The molecule has 0 aromatic heterocycles. The second-order valence-electron chi connectivity index (χ2n) is 3.81. The predicted molar refractivity (Wildman–Crippen MR) is 60.2 cm³/mol. The molecule has 0 aromatic rings. The van der Waals surface area contributed by atoms with Crippen molar-refractivity contribution < 1.29 is 19.5 Å². The van der Waals surface area contributed by atoms with Gasteiger partial charge in [0.2, 0.25) is 6.08 Å². The van der Waals surface area contributed by atoms with E-state index in [4.69, 9.17) is 10.4 Å². The number of carbonyl (C=O) groups excluding carboxylic acids is 2. The van der Waals surface area contributed by atoms with Crippen LogP contribution < -0.4 is 5.32 Å². The van der Waals surface area contributed by atoms with E-state index in [1.165, 1.54) is 19.9 Å². The van der Waals surface area contributed by atoms with Crippen molar-refractivity contribution in [3.63, 3.8) is 0 Å². The molecule has 0 saturated heterocycles. The third-order valence-corrected chi connectivity index (χ3v) is 2.26. The highest BCUT2D eigenvalue weighted by atomic mass is 16.4. The Hall–Kier alpha value is -2.39. The fourth-order valence-corrected chi connectivity index (χ4v) is 1.15. The summed E-state index contributed by atoms with van der Waals surface area (Å²) >= 11 is 0. The van der Waals surface area contributed by atoms with Crippen LogP contribution in [0.1, 0.15) is 20.3 Å². The first-order valence-electron chi connectivity index (χ1n) is 5.07. The zero-order valence-electron chi connectivity index (χ0n) is 10.1. The number of nitriles is 1. The minimum absolute atomic E-state index is 0.00107. The molecule has 0 unspecified atom stereocenters. The van der Waals surface area contributed by atoms with E-state index in [1.54, 1.807) is 0 Å². The molecule has 2 amide bonds. The number of nitrogens with one attached hydrogen (secondary N) is 1. The van der Waals surface area contributed by atoms with Crippen molar-refractivity contribution >= 4 is 18.1 Å². The molecule has 8 nitrogen and oxygen atoms in total. The number of hydrogen-bond acceptors (Lipinski definition) is 5. The molecule has 0 atom stereocenters. The molecule has 0 fully saturated rings. The third kappa shape index (κ3) is 4.23. The summed E-state index contributed by atoms with van der Waals surface area (Å²) in [6.07, 6.45) is 1.24. The molecule has 98 valence electrons. The van der Waals surface area contributed by atoms with E-state index >= 15 is 0 Å². The summed E-state index contributed by atoms with van der Waals surface area (Å²) in [5.74, 6) is -1.20. The van der Waals surface area contributed by atoms with Crippen LogP contribution in [-0.2, 0) is 9.59 Å². The number of carbonyl (C=O) groups is 2. The molecule has 0 heterocycles. The SMILES string of the molecule is CC(C)(C(=O)O)N(CCC#N)C(=O)NCN=C=O. The molecule has 0 radical (unpaired) electrons. The maximum atomic E-state index is 11.7. The topological polar surface area (TPSA) is 123 Å². The molecule has 0 rings (SSSR count). The van der Waals surface area contributed by atoms with Gasteiger partial charge in [0, 0.05) is 6.54 Å². The van der Waals surface area contributed by atoms with Gasteiger partial charge >= 0.3 is 12.0 Å². The Balaban J connectivity index is 4.88. The van der Waals surface area contributed by atoms with Gasteiger partial charge in [-0.05, 0) is 13.8 Å². The fourth-order valence-electron chi connectivity index (χ4n) is 1.15. The van der Waals surface area contributed by atoms with Gasteiger partial charge in [-0.1, -0.05) is 0 Å². The normalized spacial score (nSPS) is 9.83. The van der Waals surface area contributed by atoms with Gasteiger partial charge in [0.15, 0.2) is 0 Å². The van der Waals surface area contributed by atoms with Crippen molar-refractivity contribution in [1.29, 1.82) is 5.26 Å². The van der Waals surface area contributed by atoms with E-state index in [9.17, 15) is 14.4 Å². The molecule has 0 spiro atoms.